The number of nitrogens with one attached hydrogen (secondary N) is 1. The second-order valence-corrected chi connectivity index (χ2v) is 5.82. The highest BCUT2D eigenvalue weighted by Gasteiger charge is 2.07. The molecule has 1 rings (SSSR count). The van der Waals surface area contributed by atoms with Gasteiger partial charge in [0.05, 0.1) is 11.6 Å². The van der Waals surface area contributed by atoms with E-state index >= 15 is 0 Å². The number of hydrogen-bond acceptors (Lipinski definition) is 3. The standard InChI is InChI=1S/C12H20BrNOS/c1-4-9(5-2)7-14-8-10-6-11(13)12(15-3)16-10/h6,9,14H,4-5,7-8H2,1-3H3. The molecule has 0 unspecified atom stereocenters. The minimum Gasteiger partial charge on any atom is -0.486 e. The van der Waals surface area contributed by atoms with Crippen LogP contribution in [0.25, 0.3) is 0 Å². The van der Waals surface area contributed by atoms with Gasteiger partial charge in [-0.05, 0) is 34.5 Å². The number of methoxy groups -OCH3 is 1. The molecule has 0 radical (unpaired) electrons. The Bertz CT molecular complexity index is 310. The summed E-state index contributed by atoms with van der Waals surface area (Å²) in [5, 5.41) is 4.46. The lowest BCUT2D eigenvalue weighted by atomic mass is 10.0. The third-order valence-electron chi connectivity index (χ3n) is 2.78. The molecule has 92 valence electrons. The fraction of sp³-hybridized carbons (Fsp3) is 0.667. The van der Waals surface area contributed by atoms with Crippen LogP contribution in [-0.4, -0.2) is 13.7 Å². The Balaban J connectivity index is 2.36. The molecule has 1 heterocycles. The van der Waals surface area contributed by atoms with E-state index in [4.69, 9.17) is 4.74 Å². The minimum atomic E-state index is 0.797. The van der Waals surface area contributed by atoms with Crippen molar-refractivity contribution < 1.29 is 4.74 Å². The number of thiophene rings is 1. The van der Waals surface area contributed by atoms with Crippen molar-refractivity contribution in [1.82, 2.24) is 5.32 Å². The maximum absolute atomic E-state index is 5.24. The van der Waals surface area contributed by atoms with Gasteiger partial charge in [0.2, 0.25) is 0 Å². The van der Waals surface area contributed by atoms with Crippen molar-refractivity contribution in [3.63, 3.8) is 0 Å². The summed E-state index contributed by atoms with van der Waals surface area (Å²) in [5.74, 6) is 0.797. The van der Waals surface area contributed by atoms with Crippen LogP contribution in [0, 0.1) is 5.92 Å². The van der Waals surface area contributed by atoms with Crippen LogP contribution in [0.4, 0.5) is 0 Å². The summed E-state index contributed by atoms with van der Waals surface area (Å²) in [6, 6.07) is 2.13. The first-order chi connectivity index (χ1) is 7.71. The lowest BCUT2D eigenvalue weighted by Crippen LogP contribution is -2.21. The van der Waals surface area contributed by atoms with Crippen molar-refractivity contribution in [3.05, 3.63) is 15.4 Å². The highest BCUT2D eigenvalue weighted by atomic mass is 79.9. The number of hydrogen-bond donors (Lipinski definition) is 1. The van der Waals surface area contributed by atoms with E-state index in [-0.39, 0.29) is 0 Å². The molecule has 4 heteroatoms. The van der Waals surface area contributed by atoms with Crippen LogP contribution in [0.5, 0.6) is 5.06 Å². The van der Waals surface area contributed by atoms with Crippen LogP contribution in [0.15, 0.2) is 10.5 Å². The zero-order valence-corrected chi connectivity index (χ0v) is 12.6. The second-order valence-electron chi connectivity index (χ2n) is 3.87. The maximum Gasteiger partial charge on any atom is 0.188 e. The van der Waals surface area contributed by atoms with E-state index in [2.05, 4.69) is 41.2 Å². The summed E-state index contributed by atoms with van der Waals surface area (Å²) in [5.41, 5.74) is 0. The molecule has 0 fully saturated rings. The fourth-order valence-corrected chi connectivity index (χ4v) is 3.26. The van der Waals surface area contributed by atoms with Gasteiger partial charge >= 0.3 is 0 Å². The Morgan fingerprint density at radius 2 is 2.12 bits per heavy atom. The molecule has 0 aliphatic heterocycles. The third kappa shape index (κ3) is 4.07. The first-order valence-electron chi connectivity index (χ1n) is 5.74. The largest absolute Gasteiger partial charge is 0.486 e. The van der Waals surface area contributed by atoms with Gasteiger partial charge in [-0.2, -0.15) is 0 Å². The van der Waals surface area contributed by atoms with Crippen LogP contribution in [0.3, 0.4) is 0 Å². The average molecular weight is 306 g/mol. The molecule has 0 saturated carbocycles. The van der Waals surface area contributed by atoms with Crippen LogP contribution in [0.2, 0.25) is 0 Å². The number of halogens is 1. The quantitative estimate of drug-likeness (QED) is 0.820. The third-order valence-corrected chi connectivity index (χ3v) is 4.73. The van der Waals surface area contributed by atoms with Crippen LogP contribution >= 0.6 is 27.3 Å². The molecule has 1 aromatic heterocycles. The van der Waals surface area contributed by atoms with Crippen molar-refractivity contribution in [3.8, 4) is 5.06 Å². The van der Waals surface area contributed by atoms with Gasteiger partial charge in [-0.1, -0.05) is 26.7 Å². The Labute approximate surface area is 111 Å². The van der Waals surface area contributed by atoms with E-state index in [1.165, 1.54) is 17.7 Å². The Morgan fingerprint density at radius 1 is 1.44 bits per heavy atom. The molecule has 0 atom stereocenters. The summed E-state index contributed by atoms with van der Waals surface area (Å²) in [7, 11) is 1.71. The van der Waals surface area contributed by atoms with E-state index in [1.54, 1.807) is 18.4 Å². The number of rotatable bonds is 7. The molecular weight excluding hydrogens is 286 g/mol. The molecule has 0 aliphatic carbocycles. The number of ether oxygens (including phenoxy) is 1. The second kappa shape index (κ2) is 7.30. The molecule has 0 saturated heterocycles. The molecule has 2 nitrogen and oxygen atoms in total. The predicted molar refractivity (Wildman–Crippen MR) is 74.3 cm³/mol. The Morgan fingerprint density at radius 3 is 2.62 bits per heavy atom. The van der Waals surface area contributed by atoms with Crippen LogP contribution < -0.4 is 10.1 Å². The van der Waals surface area contributed by atoms with Gasteiger partial charge in [0.1, 0.15) is 0 Å². The van der Waals surface area contributed by atoms with Gasteiger partial charge in [0, 0.05) is 11.4 Å². The first-order valence-corrected chi connectivity index (χ1v) is 7.35. The SMILES string of the molecule is CCC(CC)CNCc1cc(Br)c(OC)s1. The first kappa shape index (κ1) is 14.0. The van der Waals surface area contributed by atoms with Crippen molar-refractivity contribution in [2.75, 3.05) is 13.7 Å². The Hall–Kier alpha value is -0.0600. The molecule has 16 heavy (non-hydrogen) atoms. The van der Waals surface area contributed by atoms with Crippen molar-refractivity contribution in [1.29, 1.82) is 0 Å². The highest BCUT2D eigenvalue weighted by molar-refractivity contribution is 9.10. The summed E-state index contributed by atoms with van der Waals surface area (Å²) in [6.45, 7) is 6.54. The minimum absolute atomic E-state index is 0.797. The lowest BCUT2D eigenvalue weighted by Gasteiger charge is -2.12. The molecule has 0 bridgehead atoms. The van der Waals surface area contributed by atoms with Crippen molar-refractivity contribution >= 4 is 27.3 Å². The van der Waals surface area contributed by atoms with E-state index < -0.39 is 0 Å². The fourth-order valence-electron chi connectivity index (χ4n) is 1.60. The van der Waals surface area contributed by atoms with Gasteiger partial charge in [0.15, 0.2) is 5.06 Å². The van der Waals surface area contributed by atoms with E-state index in [0.29, 0.717) is 0 Å². The van der Waals surface area contributed by atoms with Crippen LogP contribution in [-0.2, 0) is 6.54 Å². The molecule has 0 aliphatic rings. The summed E-state index contributed by atoms with van der Waals surface area (Å²) in [6.07, 6.45) is 2.50. The Kier molecular flexibility index (Phi) is 6.39. The van der Waals surface area contributed by atoms with Gasteiger partial charge < -0.3 is 10.1 Å². The zero-order valence-electron chi connectivity index (χ0n) is 10.2. The topological polar surface area (TPSA) is 21.3 Å². The molecule has 1 aromatic rings. The molecule has 0 aromatic carbocycles. The molecule has 0 amide bonds. The van der Waals surface area contributed by atoms with Gasteiger partial charge in [-0.25, -0.2) is 0 Å². The summed E-state index contributed by atoms with van der Waals surface area (Å²) < 4.78 is 6.29. The zero-order chi connectivity index (χ0) is 12.0. The monoisotopic (exact) mass is 305 g/mol. The van der Waals surface area contributed by atoms with Crippen molar-refractivity contribution in [2.45, 2.75) is 33.2 Å². The van der Waals surface area contributed by atoms with E-state index in [9.17, 15) is 0 Å². The van der Waals surface area contributed by atoms with Crippen LogP contribution in [0.1, 0.15) is 31.6 Å². The lowest BCUT2D eigenvalue weighted by molar-refractivity contribution is 0.425. The predicted octanol–water partition coefficient (Wildman–Crippen LogP) is 4.05. The molecule has 1 N–H and O–H groups in total. The molecule has 0 spiro atoms. The average Bonchev–Trinajstić information content (AvgIpc) is 2.65. The summed E-state index contributed by atoms with van der Waals surface area (Å²) in [4.78, 5) is 1.31. The molecular formula is C12H20BrNOS. The van der Waals surface area contributed by atoms with Gasteiger partial charge in [0.25, 0.3) is 0 Å². The van der Waals surface area contributed by atoms with E-state index in [0.717, 1.165) is 28.5 Å². The van der Waals surface area contributed by atoms with Crippen molar-refractivity contribution in [2.24, 2.45) is 5.92 Å². The van der Waals surface area contributed by atoms with Gasteiger partial charge in [-0.15, -0.1) is 11.3 Å². The normalized spacial score (nSPS) is 11.1. The summed E-state index contributed by atoms with van der Waals surface area (Å²) >= 11 is 5.18. The maximum atomic E-state index is 5.24. The smallest absolute Gasteiger partial charge is 0.188 e. The van der Waals surface area contributed by atoms with E-state index in [1.807, 2.05) is 0 Å². The van der Waals surface area contributed by atoms with Gasteiger partial charge in [-0.3, -0.25) is 0 Å². The highest BCUT2D eigenvalue weighted by Crippen LogP contribution is 2.34.